The summed E-state index contributed by atoms with van der Waals surface area (Å²) in [5, 5.41) is 3.76. The lowest BCUT2D eigenvalue weighted by molar-refractivity contribution is -0.120. The van der Waals surface area contributed by atoms with Crippen LogP contribution in [0.5, 0.6) is 0 Å². The topological polar surface area (TPSA) is 54.9 Å². The second-order valence-electron chi connectivity index (χ2n) is 6.03. The van der Waals surface area contributed by atoms with Crippen molar-refractivity contribution in [2.24, 2.45) is 5.92 Å². The van der Waals surface area contributed by atoms with Gasteiger partial charge in [-0.05, 0) is 75.2 Å². The van der Waals surface area contributed by atoms with Crippen molar-refractivity contribution >= 4 is 23.4 Å². The number of anilines is 1. The number of nitrogens with one attached hydrogen (secondary N) is 1. The van der Waals surface area contributed by atoms with Crippen molar-refractivity contribution in [1.82, 2.24) is 9.97 Å². The molecule has 4 nitrogen and oxygen atoms in total. The van der Waals surface area contributed by atoms with Crippen LogP contribution in [0.4, 0.5) is 5.69 Å². The van der Waals surface area contributed by atoms with Crippen LogP contribution in [0.25, 0.3) is 0 Å². The predicted molar refractivity (Wildman–Crippen MR) is 97.2 cm³/mol. The number of amides is 1. The zero-order valence-electron chi connectivity index (χ0n) is 14.0. The number of hydrogen-bond donors (Lipinski definition) is 1. The van der Waals surface area contributed by atoms with Gasteiger partial charge in [-0.15, -0.1) is 0 Å². The van der Waals surface area contributed by atoms with Crippen molar-refractivity contribution in [1.29, 1.82) is 0 Å². The predicted octanol–water partition coefficient (Wildman–Crippen LogP) is 4.54. The molecule has 0 spiro atoms. The Morgan fingerprint density at radius 1 is 1.12 bits per heavy atom. The first-order valence-electron chi connectivity index (χ1n) is 8.16. The van der Waals surface area contributed by atoms with E-state index in [0.29, 0.717) is 0 Å². The number of benzene rings is 1. The van der Waals surface area contributed by atoms with Gasteiger partial charge in [0.1, 0.15) is 0 Å². The average Bonchev–Trinajstić information content (AvgIpc) is 2.56. The molecule has 1 aromatic heterocycles. The molecule has 2 aromatic rings. The monoisotopic (exact) mass is 339 g/mol. The molecule has 1 atom stereocenters. The van der Waals surface area contributed by atoms with Gasteiger partial charge in [0.25, 0.3) is 0 Å². The van der Waals surface area contributed by atoms with Crippen LogP contribution in [0.1, 0.15) is 30.7 Å². The molecule has 1 N–H and O–H groups in total. The molecule has 1 amide bonds. The first-order valence-corrected chi connectivity index (χ1v) is 8.98. The van der Waals surface area contributed by atoms with Crippen LogP contribution in [-0.2, 0) is 4.79 Å². The Bertz CT molecular complexity index is 735. The summed E-state index contributed by atoms with van der Waals surface area (Å²) >= 11 is 1.53. The average molecular weight is 339 g/mol. The van der Waals surface area contributed by atoms with Gasteiger partial charge in [0.15, 0.2) is 5.16 Å². The van der Waals surface area contributed by atoms with Gasteiger partial charge in [0.05, 0.1) is 0 Å². The Morgan fingerprint density at radius 2 is 1.83 bits per heavy atom. The van der Waals surface area contributed by atoms with Gasteiger partial charge in [-0.1, -0.05) is 12.2 Å². The lowest BCUT2D eigenvalue weighted by Gasteiger charge is -2.17. The summed E-state index contributed by atoms with van der Waals surface area (Å²) in [4.78, 5) is 22.2. The molecule has 3 rings (SSSR count). The Kier molecular flexibility index (Phi) is 5.30. The molecule has 1 aliphatic carbocycles. The molecule has 24 heavy (non-hydrogen) atoms. The van der Waals surface area contributed by atoms with E-state index >= 15 is 0 Å². The first kappa shape index (κ1) is 16.7. The van der Waals surface area contributed by atoms with Gasteiger partial charge >= 0.3 is 0 Å². The largest absolute Gasteiger partial charge is 0.326 e. The van der Waals surface area contributed by atoms with Gasteiger partial charge < -0.3 is 5.32 Å². The molecule has 0 radical (unpaired) electrons. The number of rotatable bonds is 4. The molecule has 1 unspecified atom stereocenters. The summed E-state index contributed by atoms with van der Waals surface area (Å²) in [6.07, 6.45) is 7.00. The Morgan fingerprint density at radius 3 is 2.46 bits per heavy atom. The maximum Gasteiger partial charge on any atom is 0.227 e. The van der Waals surface area contributed by atoms with E-state index in [1.807, 2.05) is 44.2 Å². The minimum absolute atomic E-state index is 0.0905. The van der Waals surface area contributed by atoms with Crippen molar-refractivity contribution in [2.45, 2.75) is 43.2 Å². The summed E-state index contributed by atoms with van der Waals surface area (Å²) in [6.45, 7) is 3.94. The zero-order chi connectivity index (χ0) is 16.9. The number of allylic oxidation sites excluding steroid dienone is 2. The fraction of sp³-hybridized carbons (Fsp3) is 0.316. The van der Waals surface area contributed by atoms with Crippen LogP contribution in [0, 0.1) is 19.8 Å². The third kappa shape index (κ3) is 4.45. The number of aryl methyl sites for hydroxylation is 2. The fourth-order valence-corrected chi connectivity index (χ4v) is 3.59. The van der Waals surface area contributed by atoms with E-state index < -0.39 is 0 Å². The molecule has 1 aromatic carbocycles. The highest BCUT2D eigenvalue weighted by atomic mass is 32.2. The van der Waals surface area contributed by atoms with E-state index in [2.05, 4.69) is 27.4 Å². The molecule has 0 saturated carbocycles. The fourth-order valence-electron chi connectivity index (χ4n) is 2.73. The van der Waals surface area contributed by atoms with E-state index in [1.54, 1.807) is 0 Å². The van der Waals surface area contributed by atoms with Gasteiger partial charge in [-0.25, -0.2) is 9.97 Å². The molecule has 1 heterocycles. The van der Waals surface area contributed by atoms with Gasteiger partial charge in [-0.3, -0.25) is 4.79 Å². The third-order valence-electron chi connectivity index (χ3n) is 3.93. The molecular formula is C19H21N3OS. The van der Waals surface area contributed by atoms with E-state index in [-0.39, 0.29) is 11.8 Å². The van der Waals surface area contributed by atoms with Gasteiger partial charge in [-0.2, -0.15) is 0 Å². The van der Waals surface area contributed by atoms with Crippen LogP contribution < -0.4 is 5.32 Å². The Labute approximate surface area is 146 Å². The van der Waals surface area contributed by atoms with Crippen LogP contribution in [0.15, 0.2) is 52.5 Å². The zero-order valence-corrected chi connectivity index (χ0v) is 14.8. The molecule has 5 heteroatoms. The van der Waals surface area contributed by atoms with E-state index in [1.165, 1.54) is 11.8 Å². The van der Waals surface area contributed by atoms with Crippen LogP contribution in [0.3, 0.4) is 0 Å². The second-order valence-corrected chi connectivity index (χ2v) is 7.07. The van der Waals surface area contributed by atoms with Crippen molar-refractivity contribution in [3.63, 3.8) is 0 Å². The van der Waals surface area contributed by atoms with Crippen molar-refractivity contribution < 1.29 is 4.79 Å². The molecule has 0 bridgehead atoms. The highest BCUT2D eigenvalue weighted by Gasteiger charge is 2.18. The molecule has 0 fully saturated rings. The number of hydrogen-bond acceptors (Lipinski definition) is 4. The number of nitrogens with zero attached hydrogens (tertiary/aromatic N) is 2. The van der Waals surface area contributed by atoms with Crippen molar-refractivity contribution in [2.75, 3.05) is 5.32 Å². The minimum atomic E-state index is 0.0905. The SMILES string of the molecule is Cc1cc(C)nc(Sc2ccc(NC(=O)C3CC=CCC3)cc2)n1. The first-order chi connectivity index (χ1) is 11.6. The van der Waals surface area contributed by atoms with E-state index in [9.17, 15) is 4.79 Å². The Hall–Kier alpha value is -2.14. The Balaban J connectivity index is 1.62. The van der Waals surface area contributed by atoms with E-state index in [0.717, 1.165) is 46.4 Å². The standard InChI is InChI=1S/C19H21N3OS/c1-13-12-14(2)21-19(20-13)24-17-10-8-16(9-11-17)22-18(23)15-6-4-3-5-7-15/h3-4,8-12,15H,5-7H2,1-2H3,(H,22,23). The third-order valence-corrected chi connectivity index (χ3v) is 4.81. The molecule has 0 saturated heterocycles. The van der Waals surface area contributed by atoms with Crippen molar-refractivity contribution in [3.8, 4) is 0 Å². The number of aromatic nitrogens is 2. The summed E-state index contributed by atoms with van der Waals surface area (Å²) in [5.74, 6) is 0.199. The minimum Gasteiger partial charge on any atom is -0.326 e. The highest BCUT2D eigenvalue weighted by molar-refractivity contribution is 7.99. The maximum atomic E-state index is 12.2. The summed E-state index contributed by atoms with van der Waals surface area (Å²) < 4.78 is 0. The van der Waals surface area contributed by atoms with E-state index in [4.69, 9.17) is 0 Å². The van der Waals surface area contributed by atoms with Crippen LogP contribution in [-0.4, -0.2) is 15.9 Å². The van der Waals surface area contributed by atoms with Gasteiger partial charge in [0.2, 0.25) is 5.91 Å². The van der Waals surface area contributed by atoms with Crippen LogP contribution in [0.2, 0.25) is 0 Å². The lowest BCUT2D eigenvalue weighted by atomic mass is 9.93. The molecule has 1 aliphatic rings. The normalized spacial score (nSPS) is 16.8. The summed E-state index contributed by atoms with van der Waals surface area (Å²) in [7, 11) is 0. The molecular weight excluding hydrogens is 318 g/mol. The van der Waals surface area contributed by atoms with Crippen molar-refractivity contribution in [3.05, 3.63) is 53.9 Å². The molecule has 124 valence electrons. The quantitative estimate of drug-likeness (QED) is 0.656. The van der Waals surface area contributed by atoms with Gasteiger partial charge in [0, 0.05) is 27.9 Å². The van der Waals surface area contributed by atoms with Crippen LogP contribution >= 0.6 is 11.8 Å². The number of carbonyl (C=O) groups is 1. The maximum absolute atomic E-state index is 12.2. The number of carbonyl (C=O) groups excluding carboxylic acids is 1. The molecule has 0 aliphatic heterocycles. The summed E-state index contributed by atoms with van der Waals surface area (Å²) in [6, 6.07) is 9.80. The smallest absolute Gasteiger partial charge is 0.227 e. The highest BCUT2D eigenvalue weighted by Crippen LogP contribution is 2.27. The summed E-state index contributed by atoms with van der Waals surface area (Å²) in [5.41, 5.74) is 2.77. The second kappa shape index (κ2) is 7.62. The lowest BCUT2D eigenvalue weighted by Crippen LogP contribution is -2.23.